The Morgan fingerprint density at radius 1 is 0.645 bits per heavy atom. The summed E-state index contributed by atoms with van der Waals surface area (Å²) < 4.78 is 6.10. The minimum atomic E-state index is 0.289. The number of hydrogen-bond donors (Lipinski definition) is 0. The molecule has 0 fully saturated rings. The molecule has 0 aliphatic rings. The van der Waals surface area contributed by atoms with E-state index >= 15 is 0 Å². The SMILES string of the molecule is CCCCCC[C@@H](C)Oc1ccc(-c2ccc(CCCCCCC(C)CC)cc2)cc1. The Balaban J connectivity index is 1.72. The fraction of sp³-hybridized carbons (Fsp3) is 0.600. The van der Waals surface area contributed by atoms with Crippen LogP contribution in [0.2, 0.25) is 0 Å². The Hall–Kier alpha value is -1.76. The first-order valence-electron chi connectivity index (χ1n) is 13.0. The highest BCUT2D eigenvalue weighted by Crippen LogP contribution is 2.24. The number of rotatable bonds is 16. The van der Waals surface area contributed by atoms with Crippen molar-refractivity contribution in [2.24, 2.45) is 5.92 Å². The van der Waals surface area contributed by atoms with E-state index in [1.165, 1.54) is 87.3 Å². The summed E-state index contributed by atoms with van der Waals surface area (Å²) in [6.07, 6.45) is 16.0. The van der Waals surface area contributed by atoms with Crippen molar-refractivity contribution in [2.45, 2.75) is 111 Å². The lowest BCUT2D eigenvalue weighted by Crippen LogP contribution is -2.11. The van der Waals surface area contributed by atoms with Crippen LogP contribution in [0.1, 0.15) is 104 Å². The van der Waals surface area contributed by atoms with E-state index in [9.17, 15) is 0 Å². The van der Waals surface area contributed by atoms with Crippen LogP contribution < -0.4 is 4.74 Å². The summed E-state index contributed by atoms with van der Waals surface area (Å²) in [4.78, 5) is 0. The predicted octanol–water partition coefficient (Wildman–Crippen LogP) is 9.63. The average molecular weight is 423 g/mol. The van der Waals surface area contributed by atoms with E-state index in [4.69, 9.17) is 4.74 Å². The third-order valence-electron chi connectivity index (χ3n) is 6.55. The molecule has 0 spiro atoms. The second-order valence-electron chi connectivity index (χ2n) is 9.47. The zero-order valence-corrected chi connectivity index (χ0v) is 20.7. The second kappa shape index (κ2) is 15.1. The largest absolute Gasteiger partial charge is 0.491 e. The maximum Gasteiger partial charge on any atom is 0.119 e. The van der Waals surface area contributed by atoms with E-state index in [2.05, 4.69) is 76.2 Å². The molecule has 0 aliphatic carbocycles. The van der Waals surface area contributed by atoms with Gasteiger partial charge in [-0.2, -0.15) is 0 Å². The third-order valence-corrected chi connectivity index (χ3v) is 6.55. The van der Waals surface area contributed by atoms with Gasteiger partial charge in [0.25, 0.3) is 0 Å². The molecule has 0 saturated carbocycles. The molecule has 2 atom stereocenters. The van der Waals surface area contributed by atoms with Gasteiger partial charge in [0, 0.05) is 0 Å². The fourth-order valence-corrected chi connectivity index (χ4v) is 4.12. The molecule has 0 N–H and O–H groups in total. The first-order valence-corrected chi connectivity index (χ1v) is 13.0. The molecular weight excluding hydrogens is 376 g/mol. The highest BCUT2D eigenvalue weighted by molar-refractivity contribution is 5.64. The van der Waals surface area contributed by atoms with Crippen molar-refractivity contribution in [2.75, 3.05) is 0 Å². The summed E-state index contributed by atoms with van der Waals surface area (Å²) in [6, 6.07) is 17.7. The predicted molar refractivity (Wildman–Crippen MR) is 137 cm³/mol. The summed E-state index contributed by atoms with van der Waals surface area (Å²) in [6.45, 7) is 9.11. The molecule has 172 valence electrons. The Labute approximate surface area is 192 Å². The van der Waals surface area contributed by atoms with Gasteiger partial charge in [-0.1, -0.05) is 109 Å². The maximum absolute atomic E-state index is 6.10. The van der Waals surface area contributed by atoms with Crippen LogP contribution >= 0.6 is 0 Å². The molecule has 1 heteroatoms. The van der Waals surface area contributed by atoms with Crippen LogP contribution in [0.15, 0.2) is 48.5 Å². The van der Waals surface area contributed by atoms with E-state index < -0.39 is 0 Å². The first kappa shape index (κ1) is 25.5. The van der Waals surface area contributed by atoms with Gasteiger partial charge >= 0.3 is 0 Å². The number of benzene rings is 2. The molecule has 31 heavy (non-hydrogen) atoms. The molecule has 1 unspecified atom stereocenters. The van der Waals surface area contributed by atoms with Gasteiger partial charge in [0.15, 0.2) is 0 Å². The Morgan fingerprint density at radius 3 is 1.87 bits per heavy atom. The number of unbranched alkanes of at least 4 members (excludes halogenated alkanes) is 6. The summed E-state index contributed by atoms with van der Waals surface area (Å²) in [5.74, 6) is 1.88. The molecular formula is C30H46O. The molecule has 0 saturated heterocycles. The lowest BCUT2D eigenvalue weighted by atomic mass is 9.98. The van der Waals surface area contributed by atoms with Gasteiger partial charge in [0.05, 0.1) is 6.10 Å². The maximum atomic E-state index is 6.10. The smallest absolute Gasteiger partial charge is 0.119 e. The van der Waals surface area contributed by atoms with E-state index in [-0.39, 0.29) is 6.10 Å². The van der Waals surface area contributed by atoms with Crippen LogP contribution in [0.4, 0.5) is 0 Å². The van der Waals surface area contributed by atoms with Crippen LogP contribution in [0.25, 0.3) is 11.1 Å². The van der Waals surface area contributed by atoms with Crippen molar-refractivity contribution in [1.29, 1.82) is 0 Å². The summed E-state index contributed by atoms with van der Waals surface area (Å²) in [7, 11) is 0. The zero-order valence-electron chi connectivity index (χ0n) is 20.7. The Bertz CT molecular complexity index is 685. The first-order chi connectivity index (χ1) is 15.1. The number of ether oxygens (including phenoxy) is 1. The molecule has 2 rings (SSSR count). The third kappa shape index (κ3) is 10.4. The van der Waals surface area contributed by atoms with Crippen molar-refractivity contribution in [1.82, 2.24) is 0 Å². The Kier molecular flexibility index (Phi) is 12.4. The summed E-state index contributed by atoms with van der Waals surface area (Å²) >= 11 is 0. The molecule has 0 aliphatic heterocycles. The molecule has 0 amide bonds. The van der Waals surface area contributed by atoms with E-state index in [0.717, 1.165) is 18.1 Å². The normalized spacial score (nSPS) is 13.2. The van der Waals surface area contributed by atoms with Crippen LogP contribution in [0.5, 0.6) is 5.75 Å². The average Bonchev–Trinajstić information content (AvgIpc) is 2.80. The van der Waals surface area contributed by atoms with E-state index in [1.54, 1.807) is 0 Å². The lowest BCUT2D eigenvalue weighted by Gasteiger charge is -2.15. The molecule has 0 bridgehead atoms. The number of hydrogen-bond acceptors (Lipinski definition) is 1. The molecule has 0 radical (unpaired) electrons. The zero-order chi connectivity index (χ0) is 22.3. The number of aryl methyl sites for hydroxylation is 1. The van der Waals surface area contributed by atoms with Gasteiger partial charge in [0.1, 0.15) is 5.75 Å². The van der Waals surface area contributed by atoms with Crippen molar-refractivity contribution in [3.05, 3.63) is 54.1 Å². The van der Waals surface area contributed by atoms with Gasteiger partial charge < -0.3 is 4.74 Å². The highest BCUT2D eigenvalue weighted by atomic mass is 16.5. The fourth-order valence-electron chi connectivity index (χ4n) is 4.12. The molecule has 0 aromatic heterocycles. The van der Waals surface area contributed by atoms with Gasteiger partial charge in [0.2, 0.25) is 0 Å². The van der Waals surface area contributed by atoms with Crippen molar-refractivity contribution >= 4 is 0 Å². The van der Waals surface area contributed by atoms with Gasteiger partial charge in [-0.05, 0) is 67.3 Å². The lowest BCUT2D eigenvalue weighted by molar-refractivity contribution is 0.206. The minimum Gasteiger partial charge on any atom is -0.491 e. The van der Waals surface area contributed by atoms with Crippen molar-refractivity contribution in [3.63, 3.8) is 0 Å². The van der Waals surface area contributed by atoms with Crippen LogP contribution in [0.3, 0.4) is 0 Å². The minimum absolute atomic E-state index is 0.289. The summed E-state index contributed by atoms with van der Waals surface area (Å²) in [5.41, 5.74) is 4.01. The molecule has 0 heterocycles. The Morgan fingerprint density at radius 2 is 1.23 bits per heavy atom. The van der Waals surface area contributed by atoms with Crippen LogP contribution in [-0.2, 0) is 6.42 Å². The monoisotopic (exact) mass is 422 g/mol. The van der Waals surface area contributed by atoms with E-state index in [1.807, 2.05) is 0 Å². The summed E-state index contributed by atoms with van der Waals surface area (Å²) in [5, 5.41) is 0. The van der Waals surface area contributed by atoms with E-state index in [0.29, 0.717) is 0 Å². The molecule has 1 nitrogen and oxygen atoms in total. The van der Waals surface area contributed by atoms with Gasteiger partial charge in [-0.3, -0.25) is 0 Å². The molecule has 2 aromatic rings. The molecule has 2 aromatic carbocycles. The quantitative estimate of drug-likeness (QED) is 0.245. The van der Waals surface area contributed by atoms with Crippen LogP contribution in [-0.4, -0.2) is 6.10 Å². The topological polar surface area (TPSA) is 9.23 Å². The van der Waals surface area contributed by atoms with Crippen LogP contribution in [0, 0.1) is 5.92 Å². The van der Waals surface area contributed by atoms with Gasteiger partial charge in [-0.25, -0.2) is 0 Å². The second-order valence-corrected chi connectivity index (χ2v) is 9.47. The van der Waals surface area contributed by atoms with Gasteiger partial charge in [-0.15, -0.1) is 0 Å². The van der Waals surface area contributed by atoms with Crippen molar-refractivity contribution < 1.29 is 4.74 Å². The van der Waals surface area contributed by atoms with Crippen molar-refractivity contribution in [3.8, 4) is 16.9 Å². The highest BCUT2D eigenvalue weighted by Gasteiger charge is 2.05. The standard InChI is InChI=1S/C30H46O/c1-5-7-8-12-15-26(4)31-30-23-21-29(22-24-30)28-19-17-27(18-20-28)16-13-10-9-11-14-25(3)6-2/h17-26H,5-16H2,1-4H3/t25?,26-/m1/s1.